The quantitative estimate of drug-likeness (QED) is 0.764. The lowest BCUT2D eigenvalue weighted by Crippen LogP contribution is -2.19. The van der Waals surface area contributed by atoms with E-state index in [4.69, 9.17) is 16.3 Å². The van der Waals surface area contributed by atoms with Crippen molar-refractivity contribution < 1.29 is 9.53 Å². The van der Waals surface area contributed by atoms with Crippen LogP contribution in [-0.4, -0.2) is 51.1 Å². The zero-order chi connectivity index (χ0) is 16.7. The average Bonchev–Trinajstić information content (AvgIpc) is 3.00. The Morgan fingerprint density at radius 2 is 2.30 bits per heavy atom. The highest BCUT2D eigenvalue weighted by Crippen LogP contribution is 2.28. The third-order valence-electron chi connectivity index (χ3n) is 3.95. The molecule has 1 heterocycles. The van der Waals surface area contributed by atoms with Gasteiger partial charge in [0.15, 0.2) is 0 Å². The SMILES string of the molecule is CN(C)CCOc1ccc(NC(=O)CCC2CCNC2)cc1Cl. The molecular formula is C17H26ClN3O2. The number of hydrogen-bond acceptors (Lipinski definition) is 4. The minimum atomic E-state index is 0.0363. The van der Waals surface area contributed by atoms with Gasteiger partial charge in [0, 0.05) is 18.7 Å². The Morgan fingerprint density at radius 1 is 1.48 bits per heavy atom. The summed E-state index contributed by atoms with van der Waals surface area (Å²) < 4.78 is 5.63. The monoisotopic (exact) mass is 339 g/mol. The van der Waals surface area contributed by atoms with Gasteiger partial charge in [0.2, 0.25) is 5.91 Å². The number of ether oxygens (including phenoxy) is 1. The molecule has 1 saturated heterocycles. The number of halogens is 1. The summed E-state index contributed by atoms with van der Waals surface area (Å²) >= 11 is 6.21. The van der Waals surface area contributed by atoms with Crippen molar-refractivity contribution >= 4 is 23.2 Å². The third kappa shape index (κ3) is 6.37. The van der Waals surface area contributed by atoms with Crippen molar-refractivity contribution in [1.82, 2.24) is 10.2 Å². The molecule has 0 aliphatic carbocycles. The van der Waals surface area contributed by atoms with E-state index in [1.54, 1.807) is 12.1 Å². The fourth-order valence-corrected chi connectivity index (χ4v) is 2.79. The maximum atomic E-state index is 12.0. The first-order valence-electron chi connectivity index (χ1n) is 8.12. The van der Waals surface area contributed by atoms with Crippen LogP contribution in [0.25, 0.3) is 0 Å². The van der Waals surface area contributed by atoms with E-state index < -0.39 is 0 Å². The maximum absolute atomic E-state index is 12.0. The minimum absolute atomic E-state index is 0.0363. The Morgan fingerprint density at radius 3 is 2.96 bits per heavy atom. The fraction of sp³-hybridized carbons (Fsp3) is 0.588. The summed E-state index contributed by atoms with van der Waals surface area (Å²) in [5, 5.41) is 6.73. The van der Waals surface area contributed by atoms with E-state index in [2.05, 4.69) is 10.6 Å². The summed E-state index contributed by atoms with van der Waals surface area (Å²) in [5.41, 5.74) is 0.713. The van der Waals surface area contributed by atoms with Crippen LogP contribution in [0.15, 0.2) is 18.2 Å². The normalized spacial score (nSPS) is 17.5. The minimum Gasteiger partial charge on any atom is -0.491 e. The Bertz CT molecular complexity index is 517. The highest BCUT2D eigenvalue weighted by Gasteiger charge is 2.15. The van der Waals surface area contributed by atoms with Crippen LogP contribution in [0, 0.1) is 5.92 Å². The number of carbonyl (C=O) groups is 1. The van der Waals surface area contributed by atoms with E-state index in [1.165, 1.54) is 0 Å². The van der Waals surface area contributed by atoms with Gasteiger partial charge in [0.05, 0.1) is 5.02 Å². The number of nitrogens with zero attached hydrogens (tertiary/aromatic N) is 1. The highest BCUT2D eigenvalue weighted by molar-refractivity contribution is 6.32. The van der Waals surface area contributed by atoms with Crippen molar-refractivity contribution in [2.24, 2.45) is 5.92 Å². The molecule has 1 aliphatic rings. The number of anilines is 1. The van der Waals surface area contributed by atoms with Crippen molar-refractivity contribution in [3.8, 4) is 5.75 Å². The second kappa shape index (κ2) is 9.11. The number of amides is 1. The van der Waals surface area contributed by atoms with Crippen molar-refractivity contribution in [3.05, 3.63) is 23.2 Å². The largest absolute Gasteiger partial charge is 0.491 e. The summed E-state index contributed by atoms with van der Waals surface area (Å²) in [4.78, 5) is 14.0. The lowest BCUT2D eigenvalue weighted by Gasteiger charge is -2.13. The molecule has 1 aromatic rings. The molecule has 1 atom stereocenters. The number of hydrogen-bond donors (Lipinski definition) is 2. The van der Waals surface area contributed by atoms with Crippen molar-refractivity contribution in [3.63, 3.8) is 0 Å². The van der Waals surface area contributed by atoms with Crippen LogP contribution in [0.2, 0.25) is 5.02 Å². The van der Waals surface area contributed by atoms with Crippen LogP contribution in [-0.2, 0) is 4.79 Å². The van der Waals surface area contributed by atoms with Gasteiger partial charge < -0.3 is 20.3 Å². The Kier molecular flexibility index (Phi) is 7.15. The third-order valence-corrected chi connectivity index (χ3v) is 4.25. The lowest BCUT2D eigenvalue weighted by atomic mass is 10.0. The molecule has 1 unspecified atom stereocenters. The average molecular weight is 340 g/mol. The first kappa shape index (κ1) is 18.0. The van der Waals surface area contributed by atoms with Gasteiger partial charge in [-0.15, -0.1) is 0 Å². The molecule has 5 nitrogen and oxygen atoms in total. The molecule has 1 aromatic carbocycles. The van der Waals surface area contributed by atoms with Crippen LogP contribution in [0.5, 0.6) is 5.75 Å². The zero-order valence-electron chi connectivity index (χ0n) is 13.9. The summed E-state index contributed by atoms with van der Waals surface area (Å²) in [6.45, 7) is 3.49. The van der Waals surface area contributed by atoms with Crippen LogP contribution in [0.4, 0.5) is 5.69 Å². The standard InChI is InChI=1S/C17H26ClN3O2/c1-21(2)9-10-23-16-5-4-14(11-15(16)18)20-17(22)6-3-13-7-8-19-12-13/h4-5,11,13,19H,3,6-10,12H2,1-2H3,(H,20,22). The molecule has 1 aliphatic heterocycles. The molecule has 1 amide bonds. The van der Waals surface area contributed by atoms with Crippen molar-refractivity contribution in [1.29, 1.82) is 0 Å². The zero-order valence-corrected chi connectivity index (χ0v) is 14.7. The molecule has 0 aromatic heterocycles. The predicted octanol–water partition coefficient (Wildman–Crippen LogP) is 2.61. The Labute approximate surface area is 143 Å². The molecule has 23 heavy (non-hydrogen) atoms. The number of carbonyl (C=O) groups excluding carboxylic acids is 1. The van der Waals surface area contributed by atoms with Crippen LogP contribution in [0.3, 0.4) is 0 Å². The summed E-state index contributed by atoms with van der Waals surface area (Å²) in [6, 6.07) is 5.36. The first-order chi connectivity index (χ1) is 11.0. The number of benzene rings is 1. The molecular weight excluding hydrogens is 314 g/mol. The molecule has 0 radical (unpaired) electrons. The van der Waals surface area contributed by atoms with E-state index in [0.717, 1.165) is 32.5 Å². The van der Waals surface area contributed by atoms with Gasteiger partial charge in [-0.3, -0.25) is 4.79 Å². The second-order valence-corrected chi connectivity index (χ2v) is 6.65. The molecule has 6 heteroatoms. The lowest BCUT2D eigenvalue weighted by molar-refractivity contribution is -0.116. The molecule has 1 fully saturated rings. The highest BCUT2D eigenvalue weighted by atomic mass is 35.5. The summed E-state index contributed by atoms with van der Waals surface area (Å²) in [7, 11) is 3.98. The van der Waals surface area contributed by atoms with E-state index >= 15 is 0 Å². The van der Waals surface area contributed by atoms with Gasteiger partial charge in [-0.25, -0.2) is 0 Å². The van der Waals surface area contributed by atoms with E-state index in [-0.39, 0.29) is 5.91 Å². The van der Waals surface area contributed by atoms with Crippen molar-refractivity contribution in [2.45, 2.75) is 19.3 Å². The van der Waals surface area contributed by atoms with Gasteiger partial charge in [-0.1, -0.05) is 11.6 Å². The number of nitrogens with one attached hydrogen (secondary N) is 2. The smallest absolute Gasteiger partial charge is 0.224 e. The number of rotatable bonds is 8. The molecule has 128 valence electrons. The molecule has 2 rings (SSSR count). The van der Waals surface area contributed by atoms with E-state index in [9.17, 15) is 4.79 Å². The molecule has 0 saturated carbocycles. The van der Waals surface area contributed by atoms with Gasteiger partial charge in [0.25, 0.3) is 0 Å². The van der Waals surface area contributed by atoms with Gasteiger partial charge in [0.1, 0.15) is 12.4 Å². The Balaban J connectivity index is 1.78. The maximum Gasteiger partial charge on any atom is 0.224 e. The van der Waals surface area contributed by atoms with Crippen LogP contribution < -0.4 is 15.4 Å². The second-order valence-electron chi connectivity index (χ2n) is 6.24. The number of likely N-dealkylation sites (N-methyl/N-ethyl adjacent to an activating group) is 1. The van der Waals surface area contributed by atoms with Crippen LogP contribution >= 0.6 is 11.6 Å². The van der Waals surface area contributed by atoms with E-state index in [0.29, 0.717) is 35.4 Å². The topological polar surface area (TPSA) is 53.6 Å². The van der Waals surface area contributed by atoms with Gasteiger partial charge in [-0.05, 0) is 64.1 Å². The van der Waals surface area contributed by atoms with E-state index in [1.807, 2.05) is 25.1 Å². The fourth-order valence-electron chi connectivity index (χ4n) is 2.55. The molecule has 2 N–H and O–H groups in total. The first-order valence-corrected chi connectivity index (χ1v) is 8.50. The predicted molar refractivity (Wildman–Crippen MR) is 94.3 cm³/mol. The van der Waals surface area contributed by atoms with Crippen molar-refractivity contribution in [2.75, 3.05) is 45.7 Å². The summed E-state index contributed by atoms with van der Waals surface area (Å²) in [5.74, 6) is 1.30. The van der Waals surface area contributed by atoms with Crippen LogP contribution in [0.1, 0.15) is 19.3 Å². The Hall–Kier alpha value is -1.30. The molecule has 0 bridgehead atoms. The van der Waals surface area contributed by atoms with Gasteiger partial charge >= 0.3 is 0 Å². The molecule has 0 spiro atoms. The van der Waals surface area contributed by atoms with Gasteiger partial charge in [-0.2, -0.15) is 0 Å². The summed E-state index contributed by atoms with van der Waals surface area (Å²) in [6.07, 6.45) is 2.64.